The number of anilines is 2. The lowest BCUT2D eigenvalue weighted by molar-refractivity contribution is -0.383. The van der Waals surface area contributed by atoms with Crippen molar-refractivity contribution in [2.75, 3.05) is 43.4 Å². The number of piperidine rings is 1. The minimum absolute atomic E-state index is 0.0238. The largest absolute Gasteiger partial charge is 0.367 e. The van der Waals surface area contributed by atoms with E-state index in [2.05, 4.69) is 20.2 Å². The maximum absolute atomic E-state index is 11.4. The van der Waals surface area contributed by atoms with Crippen LogP contribution in [0.2, 0.25) is 0 Å². The minimum atomic E-state index is -0.394. The van der Waals surface area contributed by atoms with E-state index in [1.165, 1.54) is 19.2 Å². The summed E-state index contributed by atoms with van der Waals surface area (Å²) in [5.74, 6) is 0.709. The molecule has 0 spiro atoms. The van der Waals surface area contributed by atoms with Crippen LogP contribution in [-0.4, -0.2) is 59.1 Å². The molecule has 3 rings (SSSR count). The van der Waals surface area contributed by atoms with E-state index in [0.717, 1.165) is 32.6 Å². The van der Waals surface area contributed by atoms with Crippen LogP contribution < -0.4 is 10.2 Å². The topological polar surface area (TPSA) is 87.4 Å². The molecule has 2 aliphatic rings. The molecule has 1 N–H and O–H groups in total. The predicted molar refractivity (Wildman–Crippen MR) is 79.7 cm³/mol. The van der Waals surface area contributed by atoms with Gasteiger partial charge in [-0.2, -0.15) is 0 Å². The SMILES string of the molecule is CNc1ncnc(N2CCN3CCCCC3C2)c1[N+](=O)[O-]. The van der Waals surface area contributed by atoms with Gasteiger partial charge in [0.15, 0.2) is 0 Å². The average molecular weight is 292 g/mol. The summed E-state index contributed by atoms with van der Waals surface area (Å²) in [4.78, 5) is 23.6. The first kappa shape index (κ1) is 14.0. The third-order valence-electron chi connectivity index (χ3n) is 4.36. The van der Waals surface area contributed by atoms with Crippen LogP contribution in [0.4, 0.5) is 17.3 Å². The van der Waals surface area contributed by atoms with Crippen molar-refractivity contribution in [2.45, 2.75) is 25.3 Å². The summed E-state index contributed by atoms with van der Waals surface area (Å²) in [7, 11) is 1.64. The summed E-state index contributed by atoms with van der Waals surface area (Å²) in [5, 5.41) is 14.2. The summed E-state index contributed by atoms with van der Waals surface area (Å²) in [6.07, 6.45) is 5.05. The molecule has 0 saturated carbocycles. The quantitative estimate of drug-likeness (QED) is 0.659. The number of nitrogens with zero attached hydrogens (tertiary/aromatic N) is 5. The van der Waals surface area contributed by atoms with Crippen LogP contribution in [0.25, 0.3) is 0 Å². The Morgan fingerprint density at radius 2 is 2.19 bits per heavy atom. The van der Waals surface area contributed by atoms with Gasteiger partial charge in [-0.05, 0) is 19.4 Å². The Morgan fingerprint density at radius 3 is 2.95 bits per heavy atom. The second kappa shape index (κ2) is 5.80. The third kappa shape index (κ3) is 2.63. The molecule has 21 heavy (non-hydrogen) atoms. The van der Waals surface area contributed by atoms with E-state index in [1.54, 1.807) is 7.05 Å². The fraction of sp³-hybridized carbons (Fsp3) is 0.692. The van der Waals surface area contributed by atoms with Gasteiger partial charge in [0.05, 0.1) is 4.92 Å². The molecular formula is C13H20N6O2. The van der Waals surface area contributed by atoms with E-state index in [9.17, 15) is 10.1 Å². The van der Waals surface area contributed by atoms with E-state index in [4.69, 9.17) is 0 Å². The molecule has 8 nitrogen and oxygen atoms in total. The van der Waals surface area contributed by atoms with Crippen molar-refractivity contribution in [1.29, 1.82) is 0 Å². The van der Waals surface area contributed by atoms with Gasteiger partial charge in [0.2, 0.25) is 11.6 Å². The summed E-state index contributed by atoms with van der Waals surface area (Å²) in [6.45, 7) is 3.67. The first-order chi connectivity index (χ1) is 10.2. The highest BCUT2D eigenvalue weighted by Gasteiger charge is 2.33. The zero-order valence-corrected chi connectivity index (χ0v) is 12.2. The van der Waals surface area contributed by atoms with Crippen molar-refractivity contribution in [3.8, 4) is 0 Å². The molecule has 2 aliphatic heterocycles. The second-order valence-electron chi connectivity index (χ2n) is 5.53. The molecule has 114 valence electrons. The van der Waals surface area contributed by atoms with Crippen LogP contribution in [0.5, 0.6) is 0 Å². The second-order valence-corrected chi connectivity index (χ2v) is 5.53. The zero-order valence-electron chi connectivity index (χ0n) is 12.2. The summed E-state index contributed by atoms with van der Waals surface area (Å²) >= 11 is 0. The molecule has 2 saturated heterocycles. The number of piperazine rings is 1. The van der Waals surface area contributed by atoms with Crippen LogP contribution in [0, 0.1) is 10.1 Å². The van der Waals surface area contributed by atoms with Gasteiger partial charge in [-0.15, -0.1) is 0 Å². The van der Waals surface area contributed by atoms with Crippen LogP contribution >= 0.6 is 0 Å². The molecule has 1 aromatic heterocycles. The lowest BCUT2D eigenvalue weighted by atomic mass is 9.99. The number of nitro groups is 1. The monoisotopic (exact) mass is 292 g/mol. The van der Waals surface area contributed by atoms with Gasteiger partial charge in [-0.3, -0.25) is 15.0 Å². The summed E-state index contributed by atoms with van der Waals surface area (Å²) < 4.78 is 0. The number of rotatable bonds is 3. The molecule has 1 atom stereocenters. The molecule has 8 heteroatoms. The van der Waals surface area contributed by atoms with E-state index in [0.29, 0.717) is 11.9 Å². The fourth-order valence-electron chi connectivity index (χ4n) is 3.30. The van der Waals surface area contributed by atoms with Crippen LogP contribution in [0.1, 0.15) is 19.3 Å². The molecule has 0 aromatic carbocycles. The highest BCUT2D eigenvalue weighted by atomic mass is 16.6. The lowest BCUT2D eigenvalue weighted by Gasteiger charge is -2.44. The molecule has 0 amide bonds. The number of hydrogen-bond donors (Lipinski definition) is 1. The zero-order chi connectivity index (χ0) is 14.8. The summed E-state index contributed by atoms with van der Waals surface area (Å²) in [5.41, 5.74) is -0.0238. The Balaban J connectivity index is 1.88. The Kier molecular flexibility index (Phi) is 3.87. The van der Waals surface area contributed by atoms with E-state index in [1.807, 2.05) is 4.90 Å². The first-order valence-corrected chi connectivity index (χ1v) is 7.37. The Bertz CT molecular complexity index is 537. The molecule has 0 radical (unpaired) electrons. The highest BCUT2D eigenvalue weighted by molar-refractivity contribution is 5.70. The van der Waals surface area contributed by atoms with Gasteiger partial charge in [0, 0.05) is 32.7 Å². The molecule has 0 bridgehead atoms. The van der Waals surface area contributed by atoms with Crippen molar-refractivity contribution in [3.05, 3.63) is 16.4 Å². The number of aromatic nitrogens is 2. The molecule has 1 aromatic rings. The maximum atomic E-state index is 11.4. The van der Waals surface area contributed by atoms with Crippen molar-refractivity contribution < 1.29 is 4.92 Å². The van der Waals surface area contributed by atoms with Gasteiger partial charge in [-0.25, -0.2) is 9.97 Å². The number of fused-ring (bicyclic) bond motifs is 1. The molecular weight excluding hydrogens is 272 g/mol. The van der Waals surface area contributed by atoms with E-state index >= 15 is 0 Å². The van der Waals surface area contributed by atoms with E-state index in [-0.39, 0.29) is 11.5 Å². The first-order valence-electron chi connectivity index (χ1n) is 7.37. The van der Waals surface area contributed by atoms with Crippen molar-refractivity contribution in [1.82, 2.24) is 14.9 Å². The molecule has 0 aliphatic carbocycles. The minimum Gasteiger partial charge on any atom is -0.367 e. The predicted octanol–water partition coefficient (Wildman–Crippen LogP) is 1.10. The van der Waals surface area contributed by atoms with Gasteiger partial charge >= 0.3 is 5.69 Å². The Morgan fingerprint density at radius 1 is 1.33 bits per heavy atom. The Labute approximate surface area is 123 Å². The van der Waals surface area contributed by atoms with Gasteiger partial charge in [0.25, 0.3) is 0 Å². The number of hydrogen-bond acceptors (Lipinski definition) is 7. The highest BCUT2D eigenvalue weighted by Crippen LogP contribution is 2.33. The maximum Gasteiger partial charge on any atom is 0.353 e. The standard InChI is InChI=1S/C13H20N6O2/c1-14-12-11(19(20)21)13(16-9-15-12)18-7-6-17-5-3-2-4-10(17)8-18/h9-10H,2-8H2,1H3,(H,14,15,16). The van der Waals surface area contributed by atoms with Crippen LogP contribution in [0.3, 0.4) is 0 Å². The molecule has 2 fully saturated rings. The van der Waals surface area contributed by atoms with Crippen molar-refractivity contribution in [2.24, 2.45) is 0 Å². The van der Waals surface area contributed by atoms with Crippen LogP contribution in [-0.2, 0) is 0 Å². The van der Waals surface area contributed by atoms with Crippen molar-refractivity contribution in [3.63, 3.8) is 0 Å². The third-order valence-corrected chi connectivity index (χ3v) is 4.36. The van der Waals surface area contributed by atoms with Crippen LogP contribution in [0.15, 0.2) is 6.33 Å². The summed E-state index contributed by atoms with van der Waals surface area (Å²) in [6, 6.07) is 0.486. The van der Waals surface area contributed by atoms with Gasteiger partial charge in [0.1, 0.15) is 6.33 Å². The van der Waals surface area contributed by atoms with E-state index < -0.39 is 4.92 Å². The number of nitrogens with one attached hydrogen (secondary N) is 1. The normalized spacial score (nSPS) is 22.7. The van der Waals surface area contributed by atoms with Gasteiger partial charge < -0.3 is 10.2 Å². The molecule has 3 heterocycles. The Hall–Kier alpha value is -1.96. The molecule has 1 unspecified atom stereocenters. The van der Waals surface area contributed by atoms with Crippen molar-refractivity contribution >= 4 is 17.3 Å². The smallest absolute Gasteiger partial charge is 0.353 e. The van der Waals surface area contributed by atoms with Gasteiger partial charge in [-0.1, -0.05) is 6.42 Å². The lowest BCUT2D eigenvalue weighted by Crippen LogP contribution is -2.55. The average Bonchev–Trinajstić information content (AvgIpc) is 2.53. The fourth-order valence-corrected chi connectivity index (χ4v) is 3.30.